The summed E-state index contributed by atoms with van der Waals surface area (Å²) in [5.41, 5.74) is 2.88. The minimum Gasteiger partial charge on any atom is -0.310 e. The van der Waals surface area contributed by atoms with Crippen LogP contribution in [0.25, 0.3) is 0 Å². The molecule has 0 unspecified atom stereocenters. The minimum atomic E-state index is -0.283. The molecule has 1 aromatic heterocycles. The van der Waals surface area contributed by atoms with Crippen molar-refractivity contribution in [1.29, 1.82) is 0 Å². The van der Waals surface area contributed by atoms with E-state index in [-0.39, 0.29) is 23.1 Å². The molecule has 4 nitrogen and oxygen atoms in total. The monoisotopic (exact) mass is 378 g/mol. The van der Waals surface area contributed by atoms with Crippen LogP contribution in [0.5, 0.6) is 0 Å². The van der Waals surface area contributed by atoms with Crippen LogP contribution in [0, 0.1) is 0 Å². The molecule has 2 aromatic carbocycles. The van der Waals surface area contributed by atoms with Crippen LogP contribution >= 0.6 is 11.6 Å². The Morgan fingerprint density at radius 1 is 1.07 bits per heavy atom. The molecule has 1 aliphatic rings. The molecule has 1 atom stereocenters. The maximum Gasteiger partial charge on any atom is 0.264 e. The van der Waals surface area contributed by atoms with E-state index in [4.69, 9.17) is 11.6 Å². The van der Waals surface area contributed by atoms with Crippen LogP contribution < -0.4 is 10.5 Å². The van der Waals surface area contributed by atoms with Crippen molar-refractivity contribution in [3.8, 4) is 0 Å². The summed E-state index contributed by atoms with van der Waals surface area (Å²) in [5, 5.41) is 0.650. The van der Waals surface area contributed by atoms with E-state index < -0.39 is 0 Å². The molecule has 136 valence electrons. The zero-order valence-corrected chi connectivity index (χ0v) is 15.7. The van der Waals surface area contributed by atoms with Crippen molar-refractivity contribution < 1.29 is 4.79 Å². The van der Waals surface area contributed by atoms with Gasteiger partial charge in [-0.25, -0.2) is 0 Å². The Labute approximate surface area is 162 Å². The molecule has 2 heterocycles. The first-order valence-electron chi connectivity index (χ1n) is 8.90. The number of hydrogen-bond donors (Lipinski definition) is 0. The number of nitrogens with zero attached hydrogens (tertiary/aromatic N) is 2. The lowest BCUT2D eigenvalue weighted by Crippen LogP contribution is -2.39. The number of amides is 1. The summed E-state index contributed by atoms with van der Waals surface area (Å²) < 4.78 is 1.56. The number of anilines is 1. The number of carbonyl (C=O) groups excluding carboxylic acids is 1. The number of halogens is 1. The topological polar surface area (TPSA) is 42.3 Å². The number of para-hydroxylation sites is 1. The summed E-state index contributed by atoms with van der Waals surface area (Å²) in [6, 6.07) is 18.6. The standard InChI is InChI=1S/C22H19ClN2O2/c1-15-13-17-5-2-3-7-20(17)25(15)22(27)19-6-4-12-24(21(19)26)14-16-8-10-18(23)11-9-16/h2-12,15H,13-14H2,1H3/t15-/m1/s1. The molecule has 3 aromatic rings. The number of aromatic nitrogens is 1. The Balaban J connectivity index is 1.67. The van der Waals surface area contributed by atoms with Crippen molar-refractivity contribution >= 4 is 23.2 Å². The Kier molecular flexibility index (Phi) is 4.58. The fraction of sp³-hybridized carbons (Fsp3) is 0.182. The molecule has 0 N–H and O–H groups in total. The first kappa shape index (κ1) is 17.6. The van der Waals surface area contributed by atoms with Crippen LogP contribution in [0.3, 0.4) is 0 Å². The van der Waals surface area contributed by atoms with E-state index in [9.17, 15) is 9.59 Å². The van der Waals surface area contributed by atoms with Gasteiger partial charge in [-0.05, 0) is 54.8 Å². The van der Waals surface area contributed by atoms with Crippen LogP contribution in [0.15, 0.2) is 71.7 Å². The molecule has 1 aliphatic heterocycles. The van der Waals surface area contributed by atoms with Gasteiger partial charge in [-0.15, -0.1) is 0 Å². The van der Waals surface area contributed by atoms with Crippen LogP contribution in [0.4, 0.5) is 5.69 Å². The quantitative estimate of drug-likeness (QED) is 0.687. The smallest absolute Gasteiger partial charge is 0.264 e. The zero-order chi connectivity index (χ0) is 19.0. The largest absolute Gasteiger partial charge is 0.310 e. The lowest BCUT2D eigenvalue weighted by Gasteiger charge is -2.22. The summed E-state index contributed by atoms with van der Waals surface area (Å²) >= 11 is 5.92. The molecule has 0 fully saturated rings. The van der Waals surface area contributed by atoms with Gasteiger partial charge in [-0.1, -0.05) is 41.9 Å². The number of benzene rings is 2. The van der Waals surface area contributed by atoms with Gasteiger partial charge in [0.2, 0.25) is 0 Å². The molecule has 5 heteroatoms. The van der Waals surface area contributed by atoms with E-state index in [0.29, 0.717) is 11.6 Å². The molecule has 1 amide bonds. The third kappa shape index (κ3) is 3.28. The molecule has 0 saturated heterocycles. The van der Waals surface area contributed by atoms with Gasteiger partial charge in [0.15, 0.2) is 0 Å². The van der Waals surface area contributed by atoms with Gasteiger partial charge in [0.05, 0.1) is 6.54 Å². The lowest BCUT2D eigenvalue weighted by atomic mass is 10.1. The van der Waals surface area contributed by atoms with Crippen molar-refractivity contribution in [2.24, 2.45) is 0 Å². The van der Waals surface area contributed by atoms with Crippen molar-refractivity contribution in [3.05, 3.63) is 98.9 Å². The van der Waals surface area contributed by atoms with E-state index in [0.717, 1.165) is 23.2 Å². The van der Waals surface area contributed by atoms with Crippen LogP contribution in [0.2, 0.25) is 5.02 Å². The third-order valence-electron chi connectivity index (χ3n) is 4.94. The van der Waals surface area contributed by atoms with Gasteiger partial charge in [0, 0.05) is 22.9 Å². The van der Waals surface area contributed by atoms with E-state index in [1.807, 2.05) is 43.3 Å². The van der Waals surface area contributed by atoms with Gasteiger partial charge in [0.25, 0.3) is 11.5 Å². The normalized spacial score (nSPS) is 15.6. The molecule has 4 rings (SSSR count). The number of pyridine rings is 1. The highest BCUT2D eigenvalue weighted by Crippen LogP contribution is 2.32. The number of carbonyl (C=O) groups is 1. The second-order valence-electron chi connectivity index (χ2n) is 6.84. The summed E-state index contributed by atoms with van der Waals surface area (Å²) in [5.74, 6) is -0.247. The average Bonchev–Trinajstić information content (AvgIpc) is 3.00. The molecular formula is C22H19ClN2O2. The second-order valence-corrected chi connectivity index (χ2v) is 7.27. The third-order valence-corrected chi connectivity index (χ3v) is 5.19. The summed E-state index contributed by atoms with van der Waals surface area (Å²) in [6.45, 7) is 2.40. The molecule has 0 radical (unpaired) electrons. The predicted molar refractivity (Wildman–Crippen MR) is 108 cm³/mol. The predicted octanol–water partition coefficient (Wildman–Crippen LogP) is 4.14. The highest BCUT2D eigenvalue weighted by Gasteiger charge is 2.32. The van der Waals surface area contributed by atoms with Gasteiger partial charge in [-0.2, -0.15) is 0 Å². The van der Waals surface area contributed by atoms with Crippen molar-refractivity contribution in [1.82, 2.24) is 4.57 Å². The molecule has 27 heavy (non-hydrogen) atoms. The first-order chi connectivity index (χ1) is 13.0. The Bertz CT molecular complexity index is 1060. The molecular weight excluding hydrogens is 360 g/mol. The highest BCUT2D eigenvalue weighted by molar-refractivity contribution is 6.30. The second kappa shape index (κ2) is 7.05. The zero-order valence-electron chi connectivity index (χ0n) is 14.9. The SMILES string of the molecule is C[C@@H]1Cc2ccccc2N1C(=O)c1cccn(Cc2ccc(Cl)cc2)c1=O. The van der Waals surface area contributed by atoms with Crippen molar-refractivity contribution in [2.75, 3.05) is 4.90 Å². The fourth-order valence-corrected chi connectivity index (χ4v) is 3.74. The number of hydrogen-bond acceptors (Lipinski definition) is 2. The Morgan fingerprint density at radius 2 is 1.81 bits per heavy atom. The maximum absolute atomic E-state index is 13.2. The van der Waals surface area contributed by atoms with E-state index in [1.54, 1.807) is 39.9 Å². The molecule has 0 aliphatic carbocycles. The van der Waals surface area contributed by atoms with Crippen molar-refractivity contribution in [2.45, 2.75) is 25.9 Å². The average molecular weight is 379 g/mol. The summed E-state index contributed by atoms with van der Waals surface area (Å²) in [4.78, 5) is 27.9. The van der Waals surface area contributed by atoms with E-state index >= 15 is 0 Å². The van der Waals surface area contributed by atoms with Gasteiger partial charge in [0.1, 0.15) is 5.56 Å². The lowest BCUT2D eigenvalue weighted by molar-refractivity contribution is 0.0979. The van der Waals surface area contributed by atoms with Gasteiger partial charge >= 0.3 is 0 Å². The van der Waals surface area contributed by atoms with Crippen LogP contribution in [0.1, 0.15) is 28.4 Å². The number of fused-ring (bicyclic) bond motifs is 1. The summed E-state index contributed by atoms with van der Waals surface area (Å²) in [6.07, 6.45) is 2.50. The van der Waals surface area contributed by atoms with E-state index in [1.165, 1.54) is 0 Å². The van der Waals surface area contributed by atoms with Crippen LogP contribution in [-0.2, 0) is 13.0 Å². The van der Waals surface area contributed by atoms with Gasteiger partial charge < -0.3 is 9.47 Å². The minimum absolute atomic E-state index is 0.0271. The van der Waals surface area contributed by atoms with E-state index in [2.05, 4.69) is 0 Å². The fourth-order valence-electron chi connectivity index (χ4n) is 3.62. The van der Waals surface area contributed by atoms with Crippen molar-refractivity contribution in [3.63, 3.8) is 0 Å². The Hall–Kier alpha value is -2.85. The molecule has 0 saturated carbocycles. The van der Waals surface area contributed by atoms with Gasteiger partial charge in [-0.3, -0.25) is 9.59 Å². The molecule has 0 spiro atoms. The number of rotatable bonds is 3. The maximum atomic E-state index is 13.2. The highest BCUT2D eigenvalue weighted by atomic mass is 35.5. The molecule has 0 bridgehead atoms. The Morgan fingerprint density at radius 3 is 2.59 bits per heavy atom. The summed E-state index contributed by atoms with van der Waals surface area (Å²) in [7, 11) is 0. The van der Waals surface area contributed by atoms with Crippen LogP contribution in [-0.4, -0.2) is 16.5 Å². The first-order valence-corrected chi connectivity index (χ1v) is 9.28.